The second-order valence-corrected chi connectivity index (χ2v) is 39.6. The molecule has 6 N–H and O–H groups in total. The summed E-state index contributed by atoms with van der Waals surface area (Å²) in [5.41, 5.74) is 19.0. The third kappa shape index (κ3) is 18.7. The molecule has 3 aliphatic heterocycles. The smallest absolute Gasteiger partial charge is 0.276 e. The number of benzene rings is 3. The van der Waals surface area contributed by atoms with E-state index in [1.165, 1.54) is 38.0 Å². The van der Waals surface area contributed by atoms with Gasteiger partial charge in [0.05, 0.1) is 141 Å². The first kappa shape index (κ1) is 106. The van der Waals surface area contributed by atoms with E-state index in [2.05, 4.69) is 57.9 Å². The molecule has 6 atom stereocenters. The fourth-order valence-corrected chi connectivity index (χ4v) is 21.4. The summed E-state index contributed by atoms with van der Waals surface area (Å²) >= 11 is 70.2. The van der Waals surface area contributed by atoms with Crippen LogP contribution in [0.3, 0.4) is 0 Å². The number of carbonyl (C=O) groups excluding carboxylic acids is 3. The lowest BCUT2D eigenvalue weighted by atomic mass is 10.0. The third-order valence-corrected chi connectivity index (χ3v) is 29.2. The number of aryl methyl sites for hydroxylation is 3. The van der Waals surface area contributed by atoms with Crippen LogP contribution in [0.15, 0.2) is 107 Å². The molecule has 42 heteroatoms. The standard InChI is InChI=1S/2C33H30Cl4FN7O2.C33H30Cl3F2N7O2/c2*1-7-21(46)44-16(5)12-43(13-17(44)6)31-18-10-20(34)29(22-23(35)24(36)25(37)26(38)27(22)40)42-32(18)45(33(47)19(31)11-39)30-15(4)8-9-41-28(30)14(2)3;1-7-21(46)44-16(5)12-43(13-17(44)6)31-18-10-20(34)29(22-25(37)23(35)24(36)26(38)27(22)40)42-32(18)45(33(47)19(31)11-39)30-15(4)8-9-41-28(30)14(2)3/h3*7-10,14,16-17H,1,12-13,40H2,2-6H3/t3*16-,17+. The van der Waals surface area contributed by atoms with Crippen LogP contribution < -0.4 is 48.6 Å². The van der Waals surface area contributed by atoms with Crippen molar-refractivity contribution in [3.05, 3.63) is 253 Å². The van der Waals surface area contributed by atoms with Crippen LogP contribution in [0.25, 0.3) is 83.9 Å². The Bertz CT molecular complexity index is 6860. The van der Waals surface area contributed by atoms with Crippen molar-refractivity contribution in [1.82, 2.24) is 58.3 Å². The lowest BCUT2D eigenvalue weighted by Gasteiger charge is -2.45. The highest BCUT2D eigenvalue weighted by Crippen LogP contribution is 2.52. The molecular formula is C99H90Cl11F4N21O6. The van der Waals surface area contributed by atoms with Crippen molar-refractivity contribution in [3.63, 3.8) is 0 Å². The van der Waals surface area contributed by atoms with E-state index in [1.54, 1.807) is 70.5 Å². The number of aromatic nitrogens is 9. The summed E-state index contributed by atoms with van der Waals surface area (Å²) in [5, 5.41) is 29.1. The predicted molar refractivity (Wildman–Crippen MR) is 555 cm³/mol. The van der Waals surface area contributed by atoms with Crippen molar-refractivity contribution >= 4 is 213 Å². The molecule has 3 saturated heterocycles. The molecule has 0 unspecified atom stereocenters. The first-order valence-corrected chi connectivity index (χ1v) is 48.0. The summed E-state index contributed by atoms with van der Waals surface area (Å²) in [7, 11) is 0. The van der Waals surface area contributed by atoms with Gasteiger partial charge in [0.1, 0.15) is 56.9 Å². The van der Waals surface area contributed by atoms with Crippen LogP contribution in [0.5, 0.6) is 0 Å². The number of piperazine rings is 3. The van der Waals surface area contributed by atoms with E-state index in [0.717, 1.165) is 0 Å². The number of amides is 3. The Hall–Kier alpha value is -12.0. The second-order valence-electron chi connectivity index (χ2n) is 35.3. The van der Waals surface area contributed by atoms with Crippen LogP contribution in [-0.4, -0.2) is 152 Å². The van der Waals surface area contributed by atoms with Gasteiger partial charge in [-0.15, -0.1) is 0 Å². The monoisotopic (exact) mass is 2130 g/mol. The van der Waals surface area contributed by atoms with Gasteiger partial charge in [-0.05, 0) is 151 Å². The topological polar surface area (TPSA) is 363 Å². The van der Waals surface area contributed by atoms with E-state index in [9.17, 15) is 44.6 Å². The maximum atomic E-state index is 15.7. The lowest BCUT2D eigenvalue weighted by Crippen LogP contribution is -2.58. The Morgan fingerprint density at radius 3 is 0.844 bits per heavy atom. The van der Waals surface area contributed by atoms with Crippen molar-refractivity contribution in [2.45, 2.75) is 158 Å². The van der Waals surface area contributed by atoms with Gasteiger partial charge in [-0.3, -0.25) is 57.4 Å². The van der Waals surface area contributed by atoms with Gasteiger partial charge < -0.3 is 46.6 Å². The molecule has 12 heterocycles. The Morgan fingerprint density at radius 2 is 0.610 bits per heavy atom. The number of hydrogen-bond donors (Lipinski definition) is 3. The number of nitrogens with zero attached hydrogens (tertiary/aromatic N) is 18. The molecule has 0 saturated carbocycles. The van der Waals surface area contributed by atoms with Crippen LogP contribution in [0.2, 0.25) is 55.2 Å². The number of nitrogens with two attached hydrogens (primary N) is 3. The molecule has 0 radical (unpaired) electrons. The predicted octanol–water partition coefficient (Wildman–Crippen LogP) is 22.6. The molecule has 15 rings (SSSR count). The van der Waals surface area contributed by atoms with Crippen LogP contribution in [0.1, 0.15) is 151 Å². The molecule has 0 bridgehead atoms. The quantitative estimate of drug-likeness (QED) is 0.0282. The normalized spacial score (nSPS) is 16.6. The van der Waals surface area contributed by atoms with Gasteiger partial charge in [-0.1, -0.05) is 189 Å². The van der Waals surface area contributed by atoms with Crippen LogP contribution in [-0.2, 0) is 14.4 Å². The number of carbonyl (C=O) groups is 3. The van der Waals surface area contributed by atoms with Crippen LogP contribution in [0, 0.1) is 78.0 Å². The molecular weight excluding hydrogens is 2050 g/mol. The SMILES string of the molecule is C=CC(=O)N1[C@H](C)CN(c2c(C#N)c(=O)n(-c3c(C)ccnc3C(C)C)c3nc(-c4c(N)c(F)c(Cl)c(Cl)c4Cl)c(Cl)cc23)C[C@@H]1C.C=CC(=O)N1[C@H](C)CN(c2c(C#N)c(=O)n(-c3c(C)ccnc3C(C)C)c3nc(-c4c(N)c(F)c(Cl)c(Cl)c4Cl)c(Cl)cc23)C[C@@H]1C.C=CC(=O)N1[C@H](C)CN(c2c(C#N)c(=O)n(-c3c(C)ccnc3C(C)C)c3nc(-c4c(N)c(F)c(Cl)c(Cl)c4F)c(Cl)cc23)C[C@@H]1C. The van der Waals surface area contributed by atoms with E-state index in [4.69, 9.17) is 155 Å². The highest BCUT2D eigenvalue weighted by atomic mass is 35.5. The Kier molecular flexibility index (Phi) is 31.6. The zero-order valence-electron chi connectivity index (χ0n) is 78.4. The highest BCUT2D eigenvalue weighted by molar-refractivity contribution is 6.51. The first-order valence-electron chi connectivity index (χ1n) is 43.9. The van der Waals surface area contributed by atoms with E-state index < -0.39 is 82.7 Å². The molecule has 3 fully saturated rings. The number of nitrogen functional groups attached to an aromatic ring is 3. The van der Waals surface area contributed by atoms with E-state index in [1.807, 2.05) is 112 Å². The van der Waals surface area contributed by atoms with E-state index in [0.29, 0.717) is 73.0 Å². The number of fused-ring (bicyclic) bond motifs is 3. The van der Waals surface area contributed by atoms with E-state index >= 15 is 17.6 Å². The Balaban J connectivity index is 0.000000178. The fraction of sp³-hybridized carbons (Fsp3) is 0.303. The van der Waals surface area contributed by atoms with Gasteiger partial charge >= 0.3 is 0 Å². The summed E-state index contributed by atoms with van der Waals surface area (Å²) in [6, 6.07) is 14.2. The van der Waals surface area contributed by atoms with Gasteiger partial charge in [0, 0.05) is 121 Å². The average molecular weight is 2140 g/mol. The third-order valence-electron chi connectivity index (χ3n) is 25.0. The number of halogens is 15. The molecule has 0 aliphatic carbocycles. The number of rotatable bonds is 15. The molecule has 27 nitrogen and oxygen atoms in total. The lowest BCUT2D eigenvalue weighted by molar-refractivity contribution is -0.131. The number of anilines is 6. The molecule has 732 valence electrons. The highest BCUT2D eigenvalue weighted by Gasteiger charge is 2.42. The molecule has 141 heavy (non-hydrogen) atoms. The minimum atomic E-state index is -1.16. The van der Waals surface area contributed by atoms with Crippen LogP contribution >= 0.6 is 128 Å². The molecule has 3 aromatic carbocycles. The maximum Gasteiger partial charge on any atom is 0.276 e. The number of nitriles is 3. The van der Waals surface area contributed by atoms with Crippen molar-refractivity contribution in [1.29, 1.82) is 15.8 Å². The largest absolute Gasteiger partial charge is 0.396 e. The minimum absolute atomic E-state index is 0.00668. The fourth-order valence-electron chi connectivity index (χ4n) is 18.9. The first-order chi connectivity index (χ1) is 66.5. The number of pyridine rings is 9. The van der Waals surface area contributed by atoms with Crippen molar-refractivity contribution in [2.75, 3.05) is 71.2 Å². The second kappa shape index (κ2) is 41.9. The van der Waals surface area contributed by atoms with E-state index in [-0.39, 0.29) is 219 Å². The van der Waals surface area contributed by atoms with Gasteiger partial charge in [0.2, 0.25) is 17.7 Å². The molecule has 0 spiro atoms. The Labute approximate surface area is 863 Å². The molecule has 3 amide bonds. The van der Waals surface area contributed by atoms with Crippen molar-refractivity contribution < 1.29 is 31.9 Å². The summed E-state index contributed by atoms with van der Waals surface area (Å²) in [4.78, 5) is 120. The average Bonchev–Trinajstić information content (AvgIpc) is 0.725. The zero-order chi connectivity index (χ0) is 104. The minimum Gasteiger partial charge on any atom is -0.396 e. The molecule has 3 aliphatic rings. The summed E-state index contributed by atoms with van der Waals surface area (Å²) < 4.78 is 64.9. The summed E-state index contributed by atoms with van der Waals surface area (Å²) in [6.07, 6.45) is 8.65. The summed E-state index contributed by atoms with van der Waals surface area (Å²) in [6.45, 7) is 40.6. The van der Waals surface area contributed by atoms with Crippen molar-refractivity contribution in [2.24, 2.45) is 0 Å². The van der Waals surface area contributed by atoms with Crippen LogP contribution in [0.4, 0.5) is 51.7 Å². The number of hydrogen-bond acceptors (Lipinski definition) is 21. The van der Waals surface area contributed by atoms with Gasteiger partial charge in [-0.2, -0.15) is 15.8 Å². The van der Waals surface area contributed by atoms with Gasteiger partial charge in [-0.25, -0.2) is 32.5 Å². The van der Waals surface area contributed by atoms with Gasteiger partial charge in [0.15, 0.2) is 23.3 Å². The zero-order valence-corrected chi connectivity index (χ0v) is 86.7. The Morgan fingerprint density at radius 1 is 0.383 bits per heavy atom. The summed E-state index contributed by atoms with van der Waals surface area (Å²) in [5.74, 6) is -5.46. The van der Waals surface area contributed by atoms with Gasteiger partial charge in [0.25, 0.3) is 16.7 Å². The molecule has 9 aromatic heterocycles. The van der Waals surface area contributed by atoms with Crippen molar-refractivity contribution in [3.8, 4) is 69.0 Å². The molecule has 12 aromatic rings. The maximum absolute atomic E-state index is 15.7.